The number of benzene rings is 1. The number of nitrogens with zero attached hydrogens (tertiary/aromatic N) is 2. The fourth-order valence-corrected chi connectivity index (χ4v) is 4.46. The number of likely N-dealkylation sites (tertiary alicyclic amines) is 1. The molecule has 3 atom stereocenters. The van der Waals surface area contributed by atoms with Gasteiger partial charge in [-0.3, -0.25) is 9.69 Å². The number of nitrogens with one attached hydrogen (secondary N) is 1. The van der Waals surface area contributed by atoms with E-state index in [2.05, 4.69) is 21.3 Å². The lowest BCUT2D eigenvalue weighted by molar-refractivity contribution is 0.0900. The van der Waals surface area contributed by atoms with Crippen molar-refractivity contribution in [3.8, 4) is 5.75 Å². The first-order chi connectivity index (χ1) is 12.7. The molecule has 0 bridgehead atoms. The zero-order valence-electron chi connectivity index (χ0n) is 14.8. The van der Waals surface area contributed by atoms with Gasteiger partial charge in [0.1, 0.15) is 11.4 Å². The van der Waals surface area contributed by atoms with Crippen molar-refractivity contribution >= 4 is 17.2 Å². The number of carbonyl (C=O) groups excluding carboxylic acids is 1. The monoisotopic (exact) mass is 373 g/mol. The largest absolute Gasteiger partial charge is 0.496 e. The van der Waals surface area contributed by atoms with E-state index in [9.17, 15) is 4.79 Å². The summed E-state index contributed by atoms with van der Waals surface area (Å²) in [5.41, 5.74) is 3.37. The van der Waals surface area contributed by atoms with E-state index in [0.717, 1.165) is 32.0 Å². The fourth-order valence-electron chi connectivity index (χ4n) is 3.93. The van der Waals surface area contributed by atoms with Gasteiger partial charge < -0.3 is 14.8 Å². The molecule has 7 heteroatoms. The molecule has 2 aliphatic heterocycles. The highest BCUT2D eigenvalue weighted by Gasteiger charge is 2.43. The number of aromatic nitrogens is 1. The number of hydrogen-bond acceptors (Lipinski definition) is 6. The van der Waals surface area contributed by atoms with E-state index < -0.39 is 0 Å². The molecular formula is C19H23N3O3S. The van der Waals surface area contributed by atoms with Crippen LogP contribution in [-0.4, -0.2) is 55.2 Å². The molecule has 4 rings (SSSR count). The summed E-state index contributed by atoms with van der Waals surface area (Å²) >= 11 is 1.43. The van der Waals surface area contributed by atoms with E-state index in [0.29, 0.717) is 24.1 Å². The maximum atomic E-state index is 12.1. The maximum absolute atomic E-state index is 12.1. The smallest absolute Gasteiger partial charge is 0.270 e. The molecule has 2 aliphatic rings. The van der Waals surface area contributed by atoms with Gasteiger partial charge in [0.15, 0.2) is 0 Å². The van der Waals surface area contributed by atoms with Crippen LogP contribution < -0.4 is 10.1 Å². The van der Waals surface area contributed by atoms with Crippen LogP contribution in [0.1, 0.15) is 16.1 Å². The van der Waals surface area contributed by atoms with Crippen molar-refractivity contribution in [1.82, 2.24) is 15.2 Å². The Balaban J connectivity index is 1.33. The lowest BCUT2D eigenvalue weighted by Gasteiger charge is -2.20. The number of rotatable bonds is 6. The summed E-state index contributed by atoms with van der Waals surface area (Å²) in [6.07, 6.45) is 0.255. The lowest BCUT2D eigenvalue weighted by Crippen LogP contribution is -2.34. The fraction of sp³-hybridized carbons (Fsp3) is 0.474. The number of ether oxygens (including phenoxy) is 2. The van der Waals surface area contributed by atoms with Crippen molar-refractivity contribution in [1.29, 1.82) is 0 Å². The van der Waals surface area contributed by atoms with E-state index in [1.165, 1.54) is 16.9 Å². The van der Waals surface area contributed by atoms with E-state index in [1.807, 2.05) is 18.2 Å². The second-order valence-electron chi connectivity index (χ2n) is 6.89. The van der Waals surface area contributed by atoms with Crippen molar-refractivity contribution in [3.63, 3.8) is 0 Å². The van der Waals surface area contributed by atoms with E-state index in [1.54, 1.807) is 18.0 Å². The molecule has 1 N–H and O–H groups in total. The number of amides is 1. The normalized spacial score (nSPS) is 25.2. The molecule has 2 saturated heterocycles. The molecule has 2 aromatic rings. The summed E-state index contributed by atoms with van der Waals surface area (Å²) in [7, 11) is 1.71. The highest BCUT2D eigenvalue weighted by Crippen LogP contribution is 2.34. The van der Waals surface area contributed by atoms with E-state index >= 15 is 0 Å². The molecule has 0 spiro atoms. The molecular weight excluding hydrogens is 350 g/mol. The van der Waals surface area contributed by atoms with Crippen LogP contribution in [0.3, 0.4) is 0 Å². The minimum absolute atomic E-state index is 0.0985. The summed E-state index contributed by atoms with van der Waals surface area (Å²) in [5.74, 6) is 1.64. The van der Waals surface area contributed by atoms with Crippen molar-refractivity contribution in [3.05, 3.63) is 46.4 Å². The third-order valence-corrected chi connectivity index (χ3v) is 5.88. The maximum Gasteiger partial charge on any atom is 0.270 e. The minimum atomic E-state index is -0.0985. The molecule has 1 aromatic carbocycles. The van der Waals surface area contributed by atoms with Crippen LogP contribution in [0.5, 0.6) is 5.75 Å². The van der Waals surface area contributed by atoms with Gasteiger partial charge >= 0.3 is 0 Å². The van der Waals surface area contributed by atoms with Crippen LogP contribution in [-0.2, 0) is 11.3 Å². The van der Waals surface area contributed by atoms with Crippen LogP contribution >= 0.6 is 11.3 Å². The number of carbonyl (C=O) groups is 1. The summed E-state index contributed by atoms with van der Waals surface area (Å²) < 4.78 is 11.5. The van der Waals surface area contributed by atoms with Crippen LogP contribution in [0.2, 0.25) is 0 Å². The van der Waals surface area contributed by atoms with Crippen LogP contribution in [0.15, 0.2) is 35.2 Å². The number of para-hydroxylation sites is 1. The van der Waals surface area contributed by atoms with Crippen molar-refractivity contribution in [2.45, 2.75) is 12.6 Å². The minimum Gasteiger partial charge on any atom is -0.496 e. The first kappa shape index (κ1) is 17.5. The average Bonchev–Trinajstić information content (AvgIpc) is 3.38. The second-order valence-corrected chi connectivity index (χ2v) is 7.60. The van der Waals surface area contributed by atoms with E-state index in [-0.39, 0.29) is 12.0 Å². The SMILES string of the molecule is COc1ccccc1CN1C[C@@H]2[C@@H](CNC(=O)c3cscn3)CO[C@@H]2C1. The van der Waals surface area contributed by atoms with Gasteiger partial charge in [-0.1, -0.05) is 18.2 Å². The Hall–Kier alpha value is -1.96. The van der Waals surface area contributed by atoms with Crippen LogP contribution in [0.4, 0.5) is 0 Å². The number of fused-ring (bicyclic) bond motifs is 1. The molecule has 0 radical (unpaired) electrons. The van der Waals surface area contributed by atoms with Crippen molar-refractivity contribution in [2.75, 3.05) is 33.4 Å². The molecule has 0 saturated carbocycles. The molecule has 2 fully saturated rings. The Morgan fingerprint density at radius 2 is 2.31 bits per heavy atom. The van der Waals surface area contributed by atoms with Crippen molar-refractivity contribution in [2.24, 2.45) is 11.8 Å². The summed E-state index contributed by atoms with van der Waals surface area (Å²) in [5, 5.41) is 4.78. The Bertz CT molecular complexity index is 752. The zero-order valence-corrected chi connectivity index (χ0v) is 15.6. The van der Waals surface area contributed by atoms with Gasteiger partial charge in [0.2, 0.25) is 0 Å². The third kappa shape index (κ3) is 3.60. The quantitative estimate of drug-likeness (QED) is 0.839. The van der Waals surface area contributed by atoms with Gasteiger partial charge in [0, 0.05) is 49.0 Å². The zero-order chi connectivity index (χ0) is 17.9. The van der Waals surface area contributed by atoms with Gasteiger partial charge in [0.05, 0.1) is 25.3 Å². The number of thiazole rings is 1. The summed E-state index contributed by atoms with van der Waals surface area (Å²) in [4.78, 5) is 18.6. The van der Waals surface area contributed by atoms with Gasteiger partial charge in [-0.2, -0.15) is 0 Å². The van der Waals surface area contributed by atoms with Crippen LogP contribution in [0.25, 0.3) is 0 Å². The first-order valence-electron chi connectivity index (χ1n) is 8.87. The van der Waals surface area contributed by atoms with Crippen molar-refractivity contribution < 1.29 is 14.3 Å². The van der Waals surface area contributed by atoms with Crippen LogP contribution in [0, 0.1) is 11.8 Å². The molecule has 138 valence electrons. The first-order valence-corrected chi connectivity index (χ1v) is 9.81. The highest BCUT2D eigenvalue weighted by molar-refractivity contribution is 7.07. The molecule has 6 nitrogen and oxygen atoms in total. The Morgan fingerprint density at radius 3 is 3.12 bits per heavy atom. The Morgan fingerprint density at radius 1 is 1.42 bits per heavy atom. The predicted octanol–water partition coefficient (Wildman–Crippen LogP) is 2.03. The molecule has 0 aliphatic carbocycles. The summed E-state index contributed by atoms with van der Waals surface area (Å²) in [6, 6.07) is 8.15. The molecule has 26 heavy (non-hydrogen) atoms. The predicted molar refractivity (Wildman–Crippen MR) is 99.4 cm³/mol. The van der Waals surface area contributed by atoms with Gasteiger partial charge in [-0.15, -0.1) is 11.3 Å². The third-order valence-electron chi connectivity index (χ3n) is 5.29. The van der Waals surface area contributed by atoms with Gasteiger partial charge in [-0.25, -0.2) is 4.98 Å². The molecule has 1 aromatic heterocycles. The Labute approximate surface area is 157 Å². The summed E-state index contributed by atoms with van der Waals surface area (Å²) in [6.45, 7) is 4.13. The Kier molecular flexibility index (Phi) is 5.19. The topological polar surface area (TPSA) is 63.7 Å². The van der Waals surface area contributed by atoms with Gasteiger partial charge in [-0.05, 0) is 6.07 Å². The average molecular weight is 373 g/mol. The standard InChI is InChI=1S/C19H23N3O3S/c1-24-17-5-3-2-4-13(17)7-22-8-15-14(10-25-18(15)9-22)6-20-19(23)16-11-26-12-21-16/h2-5,11-12,14-15,18H,6-10H2,1H3,(H,20,23)/t14-,15+,18+/m0/s1. The second kappa shape index (κ2) is 7.73. The van der Waals surface area contributed by atoms with Gasteiger partial charge in [0.25, 0.3) is 5.91 Å². The molecule has 0 unspecified atom stereocenters. The van der Waals surface area contributed by atoms with E-state index in [4.69, 9.17) is 9.47 Å². The number of methoxy groups -OCH3 is 1. The number of hydrogen-bond donors (Lipinski definition) is 1. The highest BCUT2D eigenvalue weighted by atomic mass is 32.1. The molecule has 1 amide bonds. The lowest BCUT2D eigenvalue weighted by atomic mass is 9.93. The molecule has 3 heterocycles.